The zero-order valence-corrected chi connectivity index (χ0v) is 7.56. The zero-order valence-electron chi connectivity index (χ0n) is 5.97. The predicted molar refractivity (Wildman–Crippen MR) is 46.9 cm³/mol. The Bertz CT molecular complexity index is 101. The van der Waals surface area contributed by atoms with Gasteiger partial charge in [0.2, 0.25) is 0 Å². The monoisotopic (exact) mass is 188 g/mol. The van der Waals surface area contributed by atoms with E-state index >= 15 is 0 Å². The molecule has 0 radical (unpaired) electrons. The Balaban J connectivity index is 3.35. The second-order valence-electron chi connectivity index (χ2n) is 2.21. The molecule has 0 atom stereocenters. The lowest BCUT2D eigenvalue weighted by molar-refractivity contribution is 0.832. The van der Waals surface area contributed by atoms with E-state index < -0.39 is 0 Å². The van der Waals surface area contributed by atoms with Crippen LogP contribution in [0.2, 0.25) is 0 Å². The van der Waals surface area contributed by atoms with E-state index in [9.17, 15) is 0 Å². The first kappa shape index (κ1) is 8.96. The Kier molecular flexibility index (Phi) is 6.06. The van der Waals surface area contributed by atoms with Crippen molar-refractivity contribution in [3.8, 4) is 0 Å². The van der Waals surface area contributed by atoms with Crippen molar-refractivity contribution in [2.75, 3.05) is 5.33 Å². The molecule has 0 fully saturated rings. The second-order valence-corrected chi connectivity index (χ2v) is 2.86. The largest absolute Gasteiger partial charge is 0.0883 e. The summed E-state index contributed by atoms with van der Waals surface area (Å²) in [5.74, 6) is 0.657. The van der Waals surface area contributed by atoms with E-state index in [-0.39, 0.29) is 0 Å². The van der Waals surface area contributed by atoms with Gasteiger partial charge in [-0.3, -0.25) is 0 Å². The highest BCUT2D eigenvalue weighted by Crippen LogP contribution is 1.93. The number of rotatable bonds is 3. The molecule has 0 heterocycles. The van der Waals surface area contributed by atoms with E-state index in [1.807, 2.05) is 0 Å². The molecule has 0 amide bonds. The first-order valence-electron chi connectivity index (χ1n) is 3.16. The third kappa shape index (κ3) is 7.96. The van der Waals surface area contributed by atoms with Crippen LogP contribution in [0.25, 0.3) is 0 Å². The van der Waals surface area contributed by atoms with Gasteiger partial charge in [0.15, 0.2) is 0 Å². The van der Waals surface area contributed by atoms with Gasteiger partial charge in [-0.05, 0) is 5.92 Å². The Morgan fingerprint density at radius 2 is 2.00 bits per heavy atom. The normalized spacial score (nSPS) is 12.4. The Morgan fingerprint density at radius 1 is 1.33 bits per heavy atom. The van der Waals surface area contributed by atoms with E-state index in [0.29, 0.717) is 5.92 Å². The van der Waals surface area contributed by atoms with Gasteiger partial charge in [0.25, 0.3) is 0 Å². The minimum Gasteiger partial charge on any atom is -0.0883 e. The maximum Gasteiger partial charge on any atom is 0.0215 e. The van der Waals surface area contributed by atoms with Crippen LogP contribution < -0.4 is 0 Å². The van der Waals surface area contributed by atoms with Gasteiger partial charge in [-0.1, -0.05) is 54.1 Å². The van der Waals surface area contributed by atoms with E-state index in [0.717, 1.165) is 5.33 Å². The van der Waals surface area contributed by atoms with Crippen LogP contribution in [0.1, 0.15) is 13.8 Å². The molecule has 0 saturated heterocycles. The standard InChI is InChI=1S/C8H13Br/c1-8(2)6-4-3-5-7-9/h3-6,8H,7H2,1-2H3/b5-3+,6-4+. The average molecular weight is 189 g/mol. The summed E-state index contributed by atoms with van der Waals surface area (Å²) in [5, 5.41) is 0.940. The van der Waals surface area contributed by atoms with E-state index in [1.165, 1.54) is 0 Å². The van der Waals surface area contributed by atoms with Crippen LogP contribution >= 0.6 is 15.9 Å². The fourth-order valence-electron chi connectivity index (χ4n) is 0.416. The summed E-state index contributed by atoms with van der Waals surface area (Å²) in [6.45, 7) is 4.33. The van der Waals surface area contributed by atoms with Crippen molar-refractivity contribution in [3.05, 3.63) is 24.3 Å². The second kappa shape index (κ2) is 6.09. The molecule has 1 heteroatoms. The summed E-state index contributed by atoms with van der Waals surface area (Å²) >= 11 is 3.30. The zero-order chi connectivity index (χ0) is 7.11. The number of halogens is 1. The molecule has 0 bridgehead atoms. The summed E-state index contributed by atoms with van der Waals surface area (Å²) in [7, 11) is 0. The van der Waals surface area contributed by atoms with E-state index in [4.69, 9.17) is 0 Å². The van der Waals surface area contributed by atoms with Crippen LogP contribution in [0.4, 0.5) is 0 Å². The van der Waals surface area contributed by atoms with Crippen molar-refractivity contribution in [1.29, 1.82) is 0 Å². The molecule has 0 aliphatic heterocycles. The molecule has 0 rings (SSSR count). The molecule has 0 N–H and O–H groups in total. The fraction of sp³-hybridized carbons (Fsp3) is 0.500. The summed E-state index contributed by atoms with van der Waals surface area (Å²) in [6, 6.07) is 0. The third-order valence-electron chi connectivity index (χ3n) is 0.832. The summed E-state index contributed by atoms with van der Waals surface area (Å²) in [5.41, 5.74) is 0. The van der Waals surface area contributed by atoms with Crippen LogP contribution in [0.3, 0.4) is 0 Å². The number of alkyl halides is 1. The highest BCUT2D eigenvalue weighted by atomic mass is 79.9. The molecule has 0 aliphatic rings. The van der Waals surface area contributed by atoms with Crippen LogP contribution in [0, 0.1) is 5.92 Å². The van der Waals surface area contributed by atoms with Gasteiger partial charge in [-0.15, -0.1) is 0 Å². The molecule has 0 unspecified atom stereocenters. The number of allylic oxidation sites excluding steroid dienone is 4. The van der Waals surface area contributed by atoms with Gasteiger partial charge in [0, 0.05) is 5.33 Å². The molecule has 0 spiro atoms. The van der Waals surface area contributed by atoms with E-state index in [1.54, 1.807) is 0 Å². The Hall–Kier alpha value is -0.0400. The lowest BCUT2D eigenvalue weighted by Crippen LogP contribution is -1.74. The first-order valence-corrected chi connectivity index (χ1v) is 4.29. The third-order valence-corrected chi connectivity index (χ3v) is 1.21. The van der Waals surface area contributed by atoms with Gasteiger partial charge >= 0.3 is 0 Å². The quantitative estimate of drug-likeness (QED) is 0.472. The molecular formula is C8H13Br. The molecule has 0 aromatic rings. The van der Waals surface area contributed by atoms with Crippen molar-refractivity contribution < 1.29 is 0 Å². The SMILES string of the molecule is CC(C)/C=C/C=C/CBr. The molecule has 0 aliphatic carbocycles. The van der Waals surface area contributed by atoms with Gasteiger partial charge < -0.3 is 0 Å². The minimum atomic E-state index is 0.657. The summed E-state index contributed by atoms with van der Waals surface area (Å²) < 4.78 is 0. The van der Waals surface area contributed by atoms with E-state index in [2.05, 4.69) is 54.1 Å². The maximum absolute atomic E-state index is 3.30. The van der Waals surface area contributed by atoms with Crippen molar-refractivity contribution in [2.24, 2.45) is 5.92 Å². The number of hydrogen-bond donors (Lipinski definition) is 0. The van der Waals surface area contributed by atoms with Crippen molar-refractivity contribution in [2.45, 2.75) is 13.8 Å². The lowest BCUT2D eigenvalue weighted by atomic mass is 10.2. The van der Waals surface area contributed by atoms with Crippen LogP contribution in [-0.4, -0.2) is 5.33 Å². The molecular weight excluding hydrogens is 176 g/mol. The van der Waals surface area contributed by atoms with Crippen LogP contribution in [0.15, 0.2) is 24.3 Å². The van der Waals surface area contributed by atoms with Gasteiger partial charge in [-0.25, -0.2) is 0 Å². The van der Waals surface area contributed by atoms with Crippen LogP contribution in [-0.2, 0) is 0 Å². The number of hydrogen-bond acceptors (Lipinski definition) is 0. The smallest absolute Gasteiger partial charge is 0.0215 e. The predicted octanol–water partition coefficient (Wildman–Crippen LogP) is 3.15. The molecule has 0 aromatic carbocycles. The van der Waals surface area contributed by atoms with Gasteiger partial charge in [0.05, 0.1) is 0 Å². The molecule has 52 valence electrons. The minimum absolute atomic E-state index is 0.657. The molecule has 9 heavy (non-hydrogen) atoms. The van der Waals surface area contributed by atoms with Crippen LogP contribution in [0.5, 0.6) is 0 Å². The fourth-order valence-corrected chi connectivity index (χ4v) is 0.632. The first-order chi connectivity index (χ1) is 4.27. The summed E-state index contributed by atoms with van der Waals surface area (Å²) in [4.78, 5) is 0. The molecule has 0 saturated carbocycles. The lowest BCUT2D eigenvalue weighted by Gasteiger charge is -1.88. The highest BCUT2D eigenvalue weighted by molar-refractivity contribution is 9.09. The average Bonchev–Trinajstić information content (AvgIpc) is 1.80. The Labute approximate surface area is 65.8 Å². The highest BCUT2D eigenvalue weighted by Gasteiger charge is 1.78. The Morgan fingerprint density at radius 3 is 2.44 bits per heavy atom. The molecule has 0 nitrogen and oxygen atoms in total. The topological polar surface area (TPSA) is 0 Å². The maximum atomic E-state index is 3.30. The van der Waals surface area contributed by atoms with Crippen molar-refractivity contribution in [1.82, 2.24) is 0 Å². The summed E-state index contributed by atoms with van der Waals surface area (Å²) in [6.07, 6.45) is 8.36. The van der Waals surface area contributed by atoms with Crippen molar-refractivity contribution in [3.63, 3.8) is 0 Å². The van der Waals surface area contributed by atoms with Gasteiger partial charge in [0.1, 0.15) is 0 Å². The van der Waals surface area contributed by atoms with Crippen molar-refractivity contribution >= 4 is 15.9 Å². The van der Waals surface area contributed by atoms with Gasteiger partial charge in [-0.2, -0.15) is 0 Å². The molecule has 0 aromatic heterocycles.